The highest BCUT2D eigenvalue weighted by molar-refractivity contribution is 7.89. The highest BCUT2D eigenvalue weighted by Gasteiger charge is 2.46. The van der Waals surface area contributed by atoms with Gasteiger partial charge in [-0.25, -0.2) is 26.9 Å². The molecule has 0 bridgehead atoms. The van der Waals surface area contributed by atoms with Gasteiger partial charge in [0.25, 0.3) is 6.43 Å². The second-order valence-electron chi connectivity index (χ2n) is 9.44. The Morgan fingerprint density at radius 2 is 2.03 bits per heavy atom. The second-order valence-corrected chi connectivity index (χ2v) is 12.1. The van der Waals surface area contributed by atoms with Crippen LogP contribution in [0.15, 0.2) is 23.4 Å². The van der Waals surface area contributed by atoms with Crippen molar-refractivity contribution < 1.29 is 17.2 Å². The van der Waals surface area contributed by atoms with E-state index in [1.54, 1.807) is 16.7 Å². The average molecular weight is 496 g/mol. The van der Waals surface area contributed by atoms with E-state index in [-0.39, 0.29) is 15.4 Å². The van der Waals surface area contributed by atoms with Crippen LogP contribution in [0, 0.1) is 0 Å². The fourth-order valence-electron chi connectivity index (χ4n) is 4.35. The maximum Gasteiger partial charge on any atom is 0.291 e. The van der Waals surface area contributed by atoms with E-state index in [9.17, 15) is 17.2 Å². The number of hydrogen-bond donors (Lipinski definition) is 2. The van der Waals surface area contributed by atoms with Crippen molar-refractivity contribution in [3.63, 3.8) is 0 Å². The summed E-state index contributed by atoms with van der Waals surface area (Å²) in [5.74, 6) is 0.293. The topological polar surface area (TPSA) is 105 Å². The Hall–Kier alpha value is -2.22. The zero-order valence-electron chi connectivity index (χ0n) is 17.9. The van der Waals surface area contributed by atoms with Gasteiger partial charge in [-0.1, -0.05) is 11.3 Å². The van der Waals surface area contributed by atoms with Crippen LogP contribution >= 0.6 is 11.3 Å². The number of halogens is 2. The normalized spacial score (nSPS) is 21.3. The number of nitrogens with zero attached hydrogens (tertiary/aromatic N) is 5. The molecule has 6 rings (SSSR count). The van der Waals surface area contributed by atoms with Gasteiger partial charge in [0.2, 0.25) is 10.0 Å². The molecule has 4 heterocycles. The number of pyridine rings is 1. The Bertz CT molecular complexity index is 1350. The maximum atomic E-state index is 13.3. The van der Waals surface area contributed by atoms with E-state index in [0.717, 1.165) is 62.3 Å². The number of hydrogen-bond acceptors (Lipinski definition) is 8. The molecule has 3 fully saturated rings. The minimum Gasteiger partial charge on any atom is -0.367 e. The van der Waals surface area contributed by atoms with Crippen molar-refractivity contribution in [2.24, 2.45) is 0 Å². The van der Waals surface area contributed by atoms with Crippen molar-refractivity contribution in [2.75, 3.05) is 24.5 Å². The highest BCUT2D eigenvalue weighted by Crippen LogP contribution is 2.41. The van der Waals surface area contributed by atoms with E-state index >= 15 is 0 Å². The Kier molecular flexibility index (Phi) is 4.61. The third-order valence-corrected chi connectivity index (χ3v) is 9.21. The van der Waals surface area contributed by atoms with Gasteiger partial charge in [-0.3, -0.25) is 4.40 Å². The standard InChI is InChI=1S/C20H23F2N7O2S2/c1-19(2-3-19)27-33(30,31)12-8-13(28-7-6-24-20(11-28)4-5-20)14-9-23-16(29(14)10-12)18-26-25-17(32-18)15(21)22/h8-10,15,24,27H,2-7,11H2,1H3. The summed E-state index contributed by atoms with van der Waals surface area (Å²) in [7, 11) is -3.80. The summed E-state index contributed by atoms with van der Waals surface area (Å²) in [6, 6.07) is 1.70. The number of fused-ring (bicyclic) bond motifs is 1. The first-order chi connectivity index (χ1) is 15.7. The van der Waals surface area contributed by atoms with Crippen LogP contribution in [0.5, 0.6) is 0 Å². The summed E-state index contributed by atoms with van der Waals surface area (Å²) in [5, 5.41) is 10.8. The summed E-state index contributed by atoms with van der Waals surface area (Å²) in [5.41, 5.74) is 1.11. The monoisotopic (exact) mass is 495 g/mol. The number of piperazine rings is 1. The van der Waals surface area contributed by atoms with E-state index in [0.29, 0.717) is 11.3 Å². The van der Waals surface area contributed by atoms with Crippen molar-refractivity contribution in [3.05, 3.63) is 23.5 Å². The lowest BCUT2D eigenvalue weighted by Crippen LogP contribution is -2.52. The predicted molar refractivity (Wildman–Crippen MR) is 119 cm³/mol. The zero-order chi connectivity index (χ0) is 23.0. The number of anilines is 1. The molecule has 1 aliphatic heterocycles. The molecule has 0 amide bonds. The van der Waals surface area contributed by atoms with Crippen LogP contribution in [0.2, 0.25) is 0 Å². The zero-order valence-corrected chi connectivity index (χ0v) is 19.5. The van der Waals surface area contributed by atoms with E-state index in [1.165, 1.54) is 6.20 Å². The van der Waals surface area contributed by atoms with Gasteiger partial charge in [0, 0.05) is 36.9 Å². The number of nitrogens with one attached hydrogen (secondary N) is 2. The molecule has 0 aromatic carbocycles. The summed E-state index contributed by atoms with van der Waals surface area (Å²) in [4.78, 5) is 6.72. The number of aromatic nitrogens is 4. The Morgan fingerprint density at radius 1 is 1.24 bits per heavy atom. The van der Waals surface area contributed by atoms with Crippen LogP contribution in [0.4, 0.5) is 14.5 Å². The third kappa shape index (κ3) is 3.80. The van der Waals surface area contributed by atoms with Gasteiger partial charge in [0.1, 0.15) is 4.90 Å². The summed E-state index contributed by atoms with van der Waals surface area (Å²) in [6.45, 7) is 4.18. The predicted octanol–water partition coefficient (Wildman–Crippen LogP) is 2.56. The molecule has 3 aromatic rings. The minimum atomic E-state index is -3.80. The second kappa shape index (κ2) is 7.14. The summed E-state index contributed by atoms with van der Waals surface area (Å²) < 4.78 is 57.1. The number of sulfonamides is 1. The molecule has 3 aliphatic rings. The SMILES string of the molecule is CC1(NS(=O)(=O)c2cc(N3CCNC4(CC4)C3)c3cnc(-c4nnc(C(F)F)s4)n3c2)CC1. The van der Waals surface area contributed by atoms with E-state index in [4.69, 9.17) is 0 Å². The van der Waals surface area contributed by atoms with E-state index < -0.39 is 27.0 Å². The maximum absolute atomic E-state index is 13.3. The van der Waals surface area contributed by atoms with Gasteiger partial charge in [-0.2, -0.15) is 0 Å². The summed E-state index contributed by atoms with van der Waals surface area (Å²) in [6.07, 6.45) is 4.16. The molecule has 3 aromatic heterocycles. The largest absolute Gasteiger partial charge is 0.367 e. The van der Waals surface area contributed by atoms with Gasteiger partial charge in [0.05, 0.1) is 17.4 Å². The fourth-order valence-corrected chi connectivity index (χ4v) is 6.52. The van der Waals surface area contributed by atoms with Crippen LogP contribution in [-0.4, -0.2) is 58.7 Å². The van der Waals surface area contributed by atoms with E-state index in [1.807, 2.05) is 6.92 Å². The number of imidazole rings is 1. The Morgan fingerprint density at radius 3 is 2.70 bits per heavy atom. The molecule has 2 N–H and O–H groups in total. The van der Waals surface area contributed by atoms with Crippen LogP contribution in [0.3, 0.4) is 0 Å². The molecule has 2 aliphatic carbocycles. The van der Waals surface area contributed by atoms with Crippen molar-refractivity contribution >= 4 is 32.6 Å². The van der Waals surface area contributed by atoms with Crippen molar-refractivity contribution in [1.82, 2.24) is 29.6 Å². The fraction of sp³-hybridized carbons (Fsp3) is 0.550. The molecule has 1 saturated heterocycles. The lowest BCUT2D eigenvalue weighted by molar-refractivity contribution is 0.150. The Labute approximate surface area is 193 Å². The Balaban J connectivity index is 1.49. The number of rotatable bonds is 6. The van der Waals surface area contributed by atoms with Gasteiger partial charge < -0.3 is 10.2 Å². The van der Waals surface area contributed by atoms with Crippen molar-refractivity contribution in [2.45, 2.75) is 55.0 Å². The molecule has 2 saturated carbocycles. The molecule has 0 unspecified atom stereocenters. The molecule has 1 spiro atoms. The van der Waals surface area contributed by atoms with Gasteiger partial charge in [-0.05, 0) is 38.7 Å². The molecule has 176 valence electrons. The van der Waals surface area contributed by atoms with Crippen LogP contribution in [0.1, 0.15) is 44.0 Å². The molecule has 0 radical (unpaired) electrons. The first kappa shape index (κ1) is 21.3. The molecule has 13 heteroatoms. The highest BCUT2D eigenvalue weighted by atomic mass is 32.2. The molecule has 0 atom stereocenters. The van der Waals surface area contributed by atoms with Crippen LogP contribution < -0.4 is 14.9 Å². The van der Waals surface area contributed by atoms with Crippen LogP contribution in [-0.2, 0) is 10.0 Å². The quantitative estimate of drug-likeness (QED) is 0.542. The summed E-state index contributed by atoms with van der Waals surface area (Å²) >= 11 is 0.754. The van der Waals surface area contributed by atoms with Gasteiger partial charge >= 0.3 is 0 Å². The molecule has 33 heavy (non-hydrogen) atoms. The van der Waals surface area contributed by atoms with Crippen molar-refractivity contribution in [3.8, 4) is 10.8 Å². The third-order valence-electron chi connectivity index (χ3n) is 6.67. The first-order valence-corrected chi connectivity index (χ1v) is 13.1. The lowest BCUT2D eigenvalue weighted by atomic mass is 10.1. The first-order valence-electron chi connectivity index (χ1n) is 10.8. The van der Waals surface area contributed by atoms with Gasteiger partial charge in [-0.15, -0.1) is 10.2 Å². The molecular formula is C20H23F2N7O2S2. The minimum absolute atomic E-state index is 0.0815. The smallest absolute Gasteiger partial charge is 0.291 e. The average Bonchev–Trinajstić information content (AvgIpc) is 3.53. The van der Waals surface area contributed by atoms with Crippen molar-refractivity contribution in [1.29, 1.82) is 0 Å². The lowest BCUT2D eigenvalue weighted by Gasteiger charge is -2.36. The van der Waals surface area contributed by atoms with E-state index in [2.05, 4.69) is 30.1 Å². The molecular weight excluding hydrogens is 472 g/mol. The number of alkyl halides is 2. The molecule has 9 nitrogen and oxygen atoms in total. The van der Waals surface area contributed by atoms with Crippen LogP contribution in [0.25, 0.3) is 16.3 Å². The van der Waals surface area contributed by atoms with Gasteiger partial charge in [0.15, 0.2) is 15.8 Å².